The Morgan fingerprint density at radius 2 is 1.91 bits per heavy atom. The molecule has 1 saturated heterocycles. The lowest BCUT2D eigenvalue weighted by Gasteiger charge is -2.34. The molecule has 2 fully saturated rings. The van der Waals surface area contributed by atoms with E-state index < -0.39 is 10.0 Å². The standard InChI is InChI=1S/C14H23N5O2S/c1-3-15-13-10-14(17-11(2)16-13)18-6-8-19(9-7-18)22(20,21)12-4-5-12/h10,12H,3-9H2,1-2H3,(H,15,16,17). The number of hydrogen-bond donors (Lipinski definition) is 1. The molecule has 2 aliphatic rings. The van der Waals surface area contributed by atoms with E-state index in [2.05, 4.69) is 20.2 Å². The van der Waals surface area contributed by atoms with Gasteiger partial charge < -0.3 is 10.2 Å². The molecule has 122 valence electrons. The van der Waals surface area contributed by atoms with Gasteiger partial charge in [0.1, 0.15) is 17.5 Å². The summed E-state index contributed by atoms with van der Waals surface area (Å²) in [6, 6.07) is 1.93. The Hall–Kier alpha value is -1.41. The molecule has 7 nitrogen and oxygen atoms in total. The lowest BCUT2D eigenvalue weighted by molar-refractivity contribution is 0.383. The molecule has 0 radical (unpaired) electrons. The fraction of sp³-hybridized carbons (Fsp3) is 0.714. The summed E-state index contributed by atoms with van der Waals surface area (Å²) in [5.41, 5.74) is 0. The van der Waals surface area contributed by atoms with Crippen LogP contribution in [0, 0.1) is 6.92 Å². The molecule has 1 saturated carbocycles. The second-order valence-corrected chi connectivity index (χ2v) is 8.03. The van der Waals surface area contributed by atoms with Crippen LogP contribution < -0.4 is 10.2 Å². The van der Waals surface area contributed by atoms with Crippen LogP contribution in [0.5, 0.6) is 0 Å². The highest BCUT2D eigenvalue weighted by atomic mass is 32.2. The van der Waals surface area contributed by atoms with Crippen LogP contribution in [0.25, 0.3) is 0 Å². The maximum Gasteiger partial charge on any atom is 0.217 e. The first-order valence-corrected chi connectivity index (χ1v) is 9.34. The first kappa shape index (κ1) is 15.5. The minimum Gasteiger partial charge on any atom is -0.370 e. The van der Waals surface area contributed by atoms with E-state index in [1.165, 1.54) is 0 Å². The predicted octanol–water partition coefficient (Wildman–Crippen LogP) is 0.831. The number of nitrogens with zero attached hydrogens (tertiary/aromatic N) is 4. The first-order chi connectivity index (χ1) is 10.5. The molecule has 0 spiro atoms. The quantitative estimate of drug-likeness (QED) is 0.864. The summed E-state index contributed by atoms with van der Waals surface area (Å²) >= 11 is 0. The van der Waals surface area contributed by atoms with Gasteiger partial charge in [0.15, 0.2) is 0 Å². The summed E-state index contributed by atoms with van der Waals surface area (Å²) in [5, 5.41) is 3.08. The molecule has 22 heavy (non-hydrogen) atoms. The van der Waals surface area contributed by atoms with Crippen LogP contribution in [0.4, 0.5) is 11.6 Å². The molecule has 1 aromatic heterocycles. The van der Waals surface area contributed by atoms with E-state index in [4.69, 9.17) is 0 Å². The number of rotatable bonds is 5. The van der Waals surface area contributed by atoms with Crippen LogP contribution in [-0.4, -0.2) is 60.7 Å². The zero-order valence-corrected chi connectivity index (χ0v) is 13.9. The highest BCUT2D eigenvalue weighted by Crippen LogP contribution is 2.31. The van der Waals surface area contributed by atoms with Gasteiger partial charge in [0.25, 0.3) is 0 Å². The zero-order chi connectivity index (χ0) is 15.7. The summed E-state index contributed by atoms with van der Waals surface area (Å²) < 4.78 is 26.2. The van der Waals surface area contributed by atoms with Gasteiger partial charge in [-0.3, -0.25) is 0 Å². The van der Waals surface area contributed by atoms with Crippen molar-refractivity contribution < 1.29 is 8.42 Å². The van der Waals surface area contributed by atoms with Crippen LogP contribution >= 0.6 is 0 Å². The zero-order valence-electron chi connectivity index (χ0n) is 13.1. The molecule has 0 atom stereocenters. The number of nitrogens with one attached hydrogen (secondary N) is 1. The normalized spacial score (nSPS) is 20.2. The molecule has 2 heterocycles. The van der Waals surface area contributed by atoms with Crippen molar-refractivity contribution in [2.75, 3.05) is 42.9 Å². The Morgan fingerprint density at radius 3 is 2.50 bits per heavy atom. The second kappa shape index (κ2) is 6.00. The van der Waals surface area contributed by atoms with Crippen molar-refractivity contribution in [2.24, 2.45) is 0 Å². The van der Waals surface area contributed by atoms with Gasteiger partial charge in [0.2, 0.25) is 10.0 Å². The van der Waals surface area contributed by atoms with E-state index >= 15 is 0 Å². The van der Waals surface area contributed by atoms with Gasteiger partial charge in [0.05, 0.1) is 5.25 Å². The molecule has 0 amide bonds. The molecule has 0 aromatic carbocycles. The van der Waals surface area contributed by atoms with E-state index in [0.717, 1.165) is 36.8 Å². The highest BCUT2D eigenvalue weighted by molar-refractivity contribution is 7.90. The Bertz CT molecular complexity index is 637. The average Bonchev–Trinajstić information content (AvgIpc) is 3.32. The topological polar surface area (TPSA) is 78.4 Å². The summed E-state index contributed by atoms with van der Waals surface area (Å²) in [5.74, 6) is 2.41. The van der Waals surface area contributed by atoms with Gasteiger partial charge >= 0.3 is 0 Å². The summed E-state index contributed by atoms with van der Waals surface area (Å²) in [7, 11) is -3.06. The Kier molecular flexibility index (Phi) is 4.22. The van der Waals surface area contributed by atoms with Gasteiger partial charge in [-0.25, -0.2) is 18.4 Å². The molecule has 1 N–H and O–H groups in total. The Balaban J connectivity index is 1.68. The molecule has 1 aliphatic heterocycles. The predicted molar refractivity (Wildman–Crippen MR) is 86.7 cm³/mol. The minimum absolute atomic E-state index is 0.124. The van der Waals surface area contributed by atoms with Crippen molar-refractivity contribution in [3.63, 3.8) is 0 Å². The van der Waals surface area contributed by atoms with Crippen molar-refractivity contribution >= 4 is 21.7 Å². The third-order valence-corrected chi connectivity index (χ3v) is 6.45. The number of sulfonamides is 1. The van der Waals surface area contributed by atoms with Gasteiger partial charge in [-0.2, -0.15) is 4.31 Å². The fourth-order valence-electron chi connectivity index (χ4n) is 2.73. The van der Waals surface area contributed by atoms with Crippen LogP contribution in [0.2, 0.25) is 0 Å². The number of aromatic nitrogens is 2. The number of piperazine rings is 1. The number of hydrogen-bond acceptors (Lipinski definition) is 6. The van der Waals surface area contributed by atoms with Crippen LogP contribution in [-0.2, 0) is 10.0 Å². The van der Waals surface area contributed by atoms with Crippen molar-refractivity contribution in [1.82, 2.24) is 14.3 Å². The second-order valence-electron chi connectivity index (χ2n) is 5.82. The molecule has 3 rings (SSSR count). The van der Waals surface area contributed by atoms with Crippen molar-refractivity contribution in [2.45, 2.75) is 31.9 Å². The van der Waals surface area contributed by atoms with E-state index in [1.807, 2.05) is 19.9 Å². The molecule has 1 aliphatic carbocycles. The highest BCUT2D eigenvalue weighted by Gasteiger charge is 2.41. The van der Waals surface area contributed by atoms with Crippen LogP contribution in [0.3, 0.4) is 0 Å². The Morgan fingerprint density at radius 1 is 1.23 bits per heavy atom. The van der Waals surface area contributed by atoms with Gasteiger partial charge in [0, 0.05) is 38.8 Å². The maximum absolute atomic E-state index is 12.3. The van der Waals surface area contributed by atoms with Gasteiger partial charge in [-0.15, -0.1) is 0 Å². The minimum atomic E-state index is -3.06. The van der Waals surface area contributed by atoms with Crippen LogP contribution in [0.1, 0.15) is 25.6 Å². The van der Waals surface area contributed by atoms with E-state index in [-0.39, 0.29) is 5.25 Å². The molecule has 0 unspecified atom stereocenters. The van der Waals surface area contributed by atoms with Gasteiger partial charge in [-0.05, 0) is 26.7 Å². The van der Waals surface area contributed by atoms with Crippen LogP contribution in [0.15, 0.2) is 6.07 Å². The van der Waals surface area contributed by atoms with E-state index in [9.17, 15) is 8.42 Å². The third-order valence-electron chi connectivity index (χ3n) is 4.05. The molecular formula is C14H23N5O2S. The largest absolute Gasteiger partial charge is 0.370 e. The lowest BCUT2D eigenvalue weighted by Crippen LogP contribution is -2.49. The first-order valence-electron chi connectivity index (χ1n) is 7.84. The third kappa shape index (κ3) is 3.17. The van der Waals surface area contributed by atoms with E-state index in [0.29, 0.717) is 26.2 Å². The Labute approximate surface area is 131 Å². The molecule has 1 aromatic rings. The number of anilines is 2. The maximum atomic E-state index is 12.3. The number of aryl methyl sites for hydroxylation is 1. The van der Waals surface area contributed by atoms with E-state index in [1.54, 1.807) is 4.31 Å². The van der Waals surface area contributed by atoms with Crippen molar-refractivity contribution in [3.05, 3.63) is 11.9 Å². The molecular weight excluding hydrogens is 302 g/mol. The fourth-order valence-corrected chi connectivity index (χ4v) is 4.56. The molecule has 8 heteroatoms. The summed E-state index contributed by atoms with van der Waals surface area (Å²) in [4.78, 5) is 11.0. The lowest BCUT2D eigenvalue weighted by atomic mass is 10.3. The summed E-state index contributed by atoms with van der Waals surface area (Å²) in [6.07, 6.45) is 1.64. The monoisotopic (exact) mass is 325 g/mol. The SMILES string of the molecule is CCNc1cc(N2CCN(S(=O)(=O)C3CC3)CC2)nc(C)n1. The average molecular weight is 325 g/mol. The summed E-state index contributed by atoms with van der Waals surface area (Å²) in [6.45, 7) is 7.14. The molecule has 0 bridgehead atoms. The van der Waals surface area contributed by atoms with Gasteiger partial charge in [-0.1, -0.05) is 0 Å². The van der Waals surface area contributed by atoms with Crippen molar-refractivity contribution in [3.8, 4) is 0 Å². The smallest absolute Gasteiger partial charge is 0.217 e. The van der Waals surface area contributed by atoms with Crippen molar-refractivity contribution in [1.29, 1.82) is 0 Å².